The first-order chi connectivity index (χ1) is 8.97. The van der Waals surface area contributed by atoms with Crippen LogP contribution in [0.1, 0.15) is 20.3 Å². The van der Waals surface area contributed by atoms with Crippen LogP contribution >= 0.6 is 11.8 Å². The lowest BCUT2D eigenvalue weighted by molar-refractivity contribution is -0.139. The molecule has 0 fully saturated rings. The first-order valence-electron chi connectivity index (χ1n) is 6.31. The molecule has 3 N–H and O–H groups in total. The molecule has 0 rings (SSSR count). The third-order valence-corrected chi connectivity index (χ3v) is 2.84. The molecule has 0 heterocycles. The van der Waals surface area contributed by atoms with Gasteiger partial charge in [0, 0.05) is 13.2 Å². The lowest BCUT2D eigenvalue weighted by Gasteiger charge is -2.14. The molecular weight excluding hydrogens is 268 g/mol. The van der Waals surface area contributed by atoms with Crippen molar-refractivity contribution in [2.45, 2.75) is 26.3 Å². The molecule has 7 heteroatoms. The van der Waals surface area contributed by atoms with E-state index >= 15 is 0 Å². The SMILES string of the molecule is CSCC[C@H](NC(=O)NCCOCC(C)C)C(=O)O. The van der Waals surface area contributed by atoms with Gasteiger partial charge in [-0.1, -0.05) is 13.8 Å². The quantitative estimate of drug-likeness (QED) is 0.526. The lowest BCUT2D eigenvalue weighted by atomic mass is 10.2. The summed E-state index contributed by atoms with van der Waals surface area (Å²) in [4.78, 5) is 22.4. The van der Waals surface area contributed by atoms with Crippen LogP contribution in [0.25, 0.3) is 0 Å². The molecule has 0 aromatic rings. The molecule has 0 aliphatic heterocycles. The Morgan fingerprint density at radius 1 is 1.37 bits per heavy atom. The molecular formula is C12H24N2O4S. The fourth-order valence-electron chi connectivity index (χ4n) is 1.26. The van der Waals surface area contributed by atoms with Crippen LogP contribution in [0, 0.1) is 5.92 Å². The lowest BCUT2D eigenvalue weighted by Crippen LogP contribution is -2.47. The minimum absolute atomic E-state index is 0.368. The van der Waals surface area contributed by atoms with Crippen LogP contribution in [-0.4, -0.2) is 54.9 Å². The van der Waals surface area contributed by atoms with E-state index in [9.17, 15) is 9.59 Å². The maximum absolute atomic E-state index is 11.5. The van der Waals surface area contributed by atoms with Crippen LogP contribution in [0.5, 0.6) is 0 Å². The second kappa shape index (κ2) is 10.9. The Morgan fingerprint density at radius 3 is 2.58 bits per heavy atom. The van der Waals surface area contributed by atoms with Gasteiger partial charge in [0.05, 0.1) is 6.61 Å². The van der Waals surface area contributed by atoms with Crippen molar-refractivity contribution in [3.05, 3.63) is 0 Å². The minimum Gasteiger partial charge on any atom is -0.480 e. The number of aliphatic carboxylic acids is 1. The predicted molar refractivity (Wildman–Crippen MR) is 76.6 cm³/mol. The van der Waals surface area contributed by atoms with Gasteiger partial charge in [-0.3, -0.25) is 0 Å². The smallest absolute Gasteiger partial charge is 0.326 e. The molecule has 1 atom stereocenters. The van der Waals surface area contributed by atoms with Crippen molar-refractivity contribution < 1.29 is 19.4 Å². The van der Waals surface area contributed by atoms with Gasteiger partial charge < -0.3 is 20.5 Å². The molecule has 0 aliphatic rings. The number of urea groups is 1. The molecule has 0 saturated carbocycles. The standard InChI is InChI=1S/C12H24N2O4S/c1-9(2)8-18-6-5-13-12(17)14-10(11(15)16)4-7-19-3/h9-10H,4-8H2,1-3H3,(H,15,16)(H2,13,14,17)/t10-/m0/s1. The highest BCUT2D eigenvalue weighted by atomic mass is 32.2. The molecule has 0 radical (unpaired) electrons. The van der Waals surface area contributed by atoms with E-state index in [1.54, 1.807) is 11.8 Å². The Balaban J connectivity index is 3.77. The van der Waals surface area contributed by atoms with Crippen molar-refractivity contribution in [1.82, 2.24) is 10.6 Å². The van der Waals surface area contributed by atoms with Gasteiger partial charge in [-0.25, -0.2) is 9.59 Å². The van der Waals surface area contributed by atoms with Gasteiger partial charge in [-0.05, 0) is 24.3 Å². The Kier molecular flexibility index (Phi) is 10.4. The third kappa shape index (κ3) is 10.6. The summed E-state index contributed by atoms with van der Waals surface area (Å²) in [6, 6.07) is -1.31. The zero-order chi connectivity index (χ0) is 14.7. The van der Waals surface area contributed by atoms with Crippen molar-refractivity contribution in [1.29, 1.82) is 0 Å². The molecule has 0 spiro atoms. The van der Waals surface area contributed by atoms with E-state index < -0.39 is 18.0 Å². The second-order valence-corrected chi connectivity index (χ2v) is 5.53. The number of rotatable bonds is 10. The molecule has 0 aromatic carbocycles. The summed E-state index contributed by atoms with van der Waals surface area (Å²) in [5.74, 6) is 0.131. The monoisotopic (exact) mass is 292 g/mol. The van der Waals surface area contributed by atoms with Crippen molar-refractivity contribution >= 4 is 23.8 Å². The van der Waals surface area contributed by atoms with Crippen LogP contribution in [0.2, 0.25) is 0 Å². The van der Waals surface area contributed by atoms with Gasteiger partial charge in [0.25, 0.3) is 0 Å². The molecule has 6 nitrogen and oxygen atoms in total. The summed E-state index contributed by atoms with van der Waals surface area (Å²) in [7, 11) is 0. The molecule has 112 valence electrons. The Hall–Kier alpha value is -0.950. The molecule has 0 unspecified atom stereocenters. The van der Waals surface area contributed by atoms with Crippen LogP contribution in [0.4, 0.5) is 4.79 Å². The number of carboxylic acids is 1. The van der Waals surface area contributed by atoms with Crippen molar-refractivity contribution in [3.8, 4) is 0 Å². The summed E-state index contributed by atoms with van der Waals surface area (Å²) < 4.78 is 5.30. The normalized spacial score (nSPS) is 12.2. The van der Waals surface area contributed by atoms with Crippen LogP contribution in [-0.2, 0) is 9.53 Å². The first kappa shape index (κ1) is 18.0. The largest absolute Gasteiger partial charge is 0.480 e. The highest BCUT2D eigenvalue weighted by molar-refractivity contribution is 7.98. The summed E-state index contributed by atoms with van der Waals surface area (Å²) in [6.07, 6.45) is 2.30. The van der Waals surface area contributed by atoms with Crippen molar-refractivity contribution in [2.75, 3.05) is 31.8 Å². The molecule has 0 aliphatic carbocycles. The van der Waals surface area contributed by atoms with Crippen molar-refractivity contribution in [2.24, 2.45) is 5.92 Å². The fraction of sp³-hybridized carbons (Fsp3) is 0.833. The van der Waals surface area contributed by atoms with E-state index in [4.69, 9.17) is 9.84 Å². The van der Waals surface area contributed by atoms with Gasteiger partial charge in [0.2, 0.25) is 0 Å². The number of carbonyl (C=O) groups is 2. The maximum atomic E-state index is 11.5. The van der Waals surface area contributed by atoms with E-state index in [1.807, 2.05) is 20.1 Å². The molecule has 2 amide bonds. The van der Waals surface area contributed by atoms with E-state index in [2.05, 4.69) is 10.6 Å². The summed E-state index contributed by atoms with van der Waals surface area (Å²) >= 11 is 1.55. The Labute approximate surface area is 118 Å². The second-order valence-electron chi connectivity index (χ2n) is 4.54. The number of carbonyl (C=O) groups excluding carboxylic acids is 1. The zero-order valence-electron chi connectivity index (χ0n) is 11.8. The Morgan fingerprint density at radius 2 is 2.05 bits per heavy atom. The molecule has 0 saturated heterocycles. The number of hydrogen-bond donors (Lipinski definition) is 3. The highest BCUT2D eigenvalue weighted by Gasteiger charge is 2.18. The number of carboxylic acid groups (broad SMARTS) is 1. The molecule has 0 aromatic heterocycles. The first-order valence-corrected chi connectivity index (χ1v) is 7.70. The topological polar surface area (TPSA) is 87.7 Å². The van der Waals surface area contributed by atoms with E-state index in [1.165, 1.54) is 0 Å². The highest BCUT2D eigenvalue weighted by Crippen LogP contribution is 2.00. The maximum Gasteiger partial charge on any atom is 0.326 e. The predicted octanol–water partition coefficient (Wildman–Crippen LogP) is 1.16. The van der Waals surface area contributed by atoms with Gasteiger partial charge in [-0.15, -0.1) is 0 Å². The van der Waals surface area contributed by atoms with Gasteiger partial charge in [0.1, 0.15) is 6.04 Å². The third-order valence-electron chi connectivity index (χ3n) is 2.20. The fourth-order valence-corrected chi connectivity index (χ4v) is 1.73. The molecule has 19 heavy (non-hydrogen) atoms. The zero-order valence-corrected chi connectivity index (χ0v) is 12.6. The minimum atomic E-state index is -1.01. The van der Waals surface area contributed by atoms with Crippen LogP contribution < -0.4 is 10.6 Å². The summed E-state index contributed by atoms with van der Waals surface area (Å²) in [5.41, 5.74) is 0. The van der Waals surface area contributed by atoms with Gasteiger partial charge in [0.15, 0.2) is 0 Å². The van der Waals surface area contributed by atoms with Crippen molar-refractivity contribution in [3.63, 3.8) is 0 Å². The van der Waals surface area contributed by atoms with Crippen LogP contribution in [0.15, 0.2) is 0 Å². The van der Waals surface area contributed by atoms with Gasteiger partial charge >= 0.3 is 12.0 Å². The van der Waals surface area contributed by atoms with E-state index in [0.29, 0.717) is 37.9 Å². The summed E-state index contributed by atoms with van der Waals surface area (Å²) in [6.45, 7) is 5.53. The number of hydrogen-bond acceptors (Lipinski definition) is 4. The van der Waals surface area contributed by atoms with Crippen LogP contribution in [0.3, 0.4) is 0 Å². The van der Waals surface area contributed by atoms with E-state index in [-0.39, 0.29) is 0 Å². The number of nitrogens with one attached hydrogen (secondary N) is 2. The Bertz CT molecular complexity index is 274. The van der Waals surface area contributed by atoms with E-state index in [0.717, 1.165) is 0 Å². The number of thioether (sulfide) groups is 1. The number of amides is 2. The average Bonchev–Trinajstić information content (AvgIpc) is 2.33. The molecule has 0 bridgehead atoms. The summed E-state index contributed by atoms with van der Waals surface area (Å²) in [5, 5.41) is 13.9. The number of ether oxygens (including phenoxy) is 1. The van der Waals surface area contributed by atoms with Gasteiger partial charge in [-0.2, -0.15) is 11.8 Å². The average molecular weight is 292 g/mol.